The van der Waals surface area contributed by atoms with Gasteiger partial charge in [-0.25, -0.2) is 0 Å². The third-order valence-electron chi connectivity index (χ3n) is 2.37. The van der Waals surface area contributed by atoms with Crippen LogP contribution in [-0.4, -0.2) is 10.9 Å². The number of anilines is 1. The van der Waals surface area contributed by atoms with Gasteiger partial charge in [-0.15, -0.1) is 0 Å². The quantitative estimate of drug-likeness (QED) is 0.856. The average molecular weight is 283 g/mol. The molecule has 1 amide bonds. The van der Waals surface area contributed by atoms with Gasteiger partial charge in [-0.1, -0.05) is 11.6 Å². The fourth-order valence-electron chi connectivity index (χ4n) is 1.57. The minimum absolute atomic E-state index is 0.191. The number of benzene rings is 1. The molecular weight excluding hydrogens is 274 g/mol. The number of hydrogen-bond donors (Lipinski definition) is 1. The molecule has 0 fully saturated rings. The van der Waals surface area contributed by atoms with Crippen molar-refractivity contribution in [1.82, 2.24) is 4.98 Å². The lowest BCUT2D eigenvalue weighted by Gasteiger charge is -2.07. The summed E-state index contributed by atoms with van der Waals surface area (Å²) in [6, 6.07) is 6.82. The second kappa shape index (κ2) is 5.32. The number of aromatic nitrogens is 1. The largest absolute Gasteiger partial charge is 0.318 e. The summed E-state index contributed by atoms with van der Waals surface area (Å²) in [5.41, 5.74) is 0.896. The highest BCUT2D eigenvalue weighted by Crippen LogP contribution is 2.17. The number of halogens is 3. The van der Waals surface area contributed by atoms with Gasteiger partial charge in [0.15, 0.2) is 0 Å². The van der Waals surface area contributed by atoms with Crippen LogP contribution in [0.15, 0.2) is 30.3 Å². The van der Waals surface area contributed by atoms with Gasteiger partial charge in [-0.3, -0.25) is 4.79 Å². The molecule has 0 saturated carbocycles. The highest BCUT2D eigenvalue weighted by molar-refractivity contribution is 6.31. The van der Waals surface area contributed by atoms with E-state index in [4.69, 9.17) is 11.6 Å². The van der Waals surface area contributed by atoms with Crippen LogP contribution in [0.5, 0.6) is 0 Å². The van der Waals surface area contributed by atoms with Crippen LogP contribution >= 0.6 is 11.6 Å². The number of nitrogens with zero attached hydrogens (tertiary/aromatic N) is 1. The van der Waals surface area contributed by atoms with E-state index in [9.17, 15) is 13.6 Å². The number of carbonyl (C=O) groups is 1. The molecule has 0 radical (unpaired) electrons. The molecule has 2 rings (SSSR count). The smallest absolute Gasteiger partial charge is 0.255 e. The molecule has 0 aliphatic heterocycles. The second-order valence-corrected chi connectivity index (χ2v) is 4.38. The van der Waals surface area contributed by atoms with Gasteiger partial charge in [0.25, 0.3) is 5.91 Å². The zero-order valence-electron chi connectivity index (χ0n) is 9.88. The van der Waals surface area contributed by atoms with Crippen LogP contribution in [0.1, 0.15) is 15.9 Å². The Bertz CT molecular complexity index is 626. The van der Waals surface area contributed by atoms with Gasteiger partial charge in [0, 0.05) is 10.6 Å². The van der Waals surface area contributed by atoms with Crippen molar-refractivity contribution in [2.45, 2.75) is 6.92 Å². The first-order valence-electron chi connectivity index (χ1n) is 5.36. The number of carbonyl (C=O) groups excluding carboxylic acids is 1. The van der Waals surface area contributed by atoms with E-state index in [0.29, 0.717) is 5.02 Å². The predicted octanol–water partition coefficient (Wildman–Crippen LogP) is 3.57. The summed E-state index contributed by atoms with van der Waals surface area (Å²) in [5.74, 6) is -2.57. The van der Waals surface area contributed by atoms with Gasteiger partial charge in [-0.2, -0.15) is 13.8 Å². The van der Waals surface area contributed by atoms with Crippen LogP contribution in [0.25, 0.3) is 0 Å². The number of amides is 1. The Morgan fingerprint density at radius 3 is 2.63 bits per heavy atom. The van der Waals surface area contributed by atoms with E-state index in [1.54, 1.807) is 19.1 Å². The van der Waals surface area contributed by atoms with Crippen molar-refractivity contribution >= 4 is 23.2 Å². The molecular formula is C13H9ClF2N2O. The van der Waals surface area contributed by atoms with Crippen LogP contribution < -0.4 is 5.32 Å². The second-order valence-electron chi connectivity index (χ2n) is 3.94. The van der Waals surface area contributed by atoms with Crippen LogP contribution in [0.2, 0.25) is 5.02 Å². The average Bonchev–Trinajstić information content (AvgIpc) is 2.31. The molecule has 1 N–H and O–H groups in total. The monoisotopic (exact) mass is 282 g/mol. The highest BCUT2D eigenvalue weighted by atomic mass is 35.5. The summed E-state index contributed by atoms with van der Waals surface area (Å²) in [6.07, 6.45) is 0. The van der Waals surface area contributed by atoms with E-state index in [1.165, 1.54) is 6.07 Å². The number of rotatable bonds is 2. The molecule has 0 atom stereocenters. The first-order chi connectivity index (χ1) is 8.95. The standard InChI is InChI=1S/C13H9ClF2N2O/c1-7-4-8(6-9(14)5-7)13(19)17-10-2-3-11(15)18-12(10)16/h2-6H,1H3,(H,17,19). The van der Waals surface area contributed by atoms with E-state index < -0.39 is 17.8 Å². The molecule has 3 nitrogen and oxygen atoms in total. The van der Waals surface area contributed by atoms with Gasteiger partial charge in [0.05, 0.1) is 5.69 Å². The lowest BCUT2D eigenvalue weighted by atomic mass is 10.1. The molecule has 0 spiro atoms. The molecule has 1 aromatic heterocycles. The third kappa shape index (κ3) is 3.26. The third-order valence-corrected chi connectivity index (χ3v) is 2.59. The minimum Gasteiger partial charge on any atom is -0.318 e. The molecule has 2 aromatic rings. The topological polar surface area (TPSA) is 42.0 Å². The fraction of sp³-hybridized carbons (Fsp3) is 0.0769. The van der Waals surface area contributed by atoms with E-state index in [-0.39, 0.29) is 11.3 Å². The maximum atomic E-state index is 13.3. The Morgan fingerprint density at radius 1 is 1.26 bits per heavy atom. The number of hydrogen-bond acceptors (Lipinski definition) is 2. The molecule has 0 bridgehead atoms. The number of nitrogens with one attached hydrogen (secondary N) is 1. The summed E-state index contributed by atoms with van der Waals surface area (Å²) < 4.78 is 25.9. The molecule has 0 unspecified atom stereocenters. The molecule has 0 aliphatic rings. The van der Waals surface area contributed by atoms with Crippen molar-refractivity contribution in [3.63, 3.8) is 0 Å². The summed E-state index contributed by atoms with van der Waals surface area (Å²) in [7, 11) is 0. The zero-order valence-corrected chi connectivity index (χ0v) is 10.6. The van der Waals surface area contributed by atoms with E-state index in [2.05, 4.69) is 10.3 Å². The van der Waals surface area contributed by atoms with Crippen LogP contribution in [0, 0.1) is 18.8 Å². The van der Waals surface area contributed by atoms with Crippen LogP contribution in [0.3, 0.4) is 0 Å². The molecule has 1 heterocycles. The number of pyridine rings is 1. The Balaban J connectivity index is 2.25. The summed E-state index contributed by atoms with van der Waals surface area (Å²) in [6.45, 7) is 1.78. The lowest BCUT2D eigenvalue weighted by molar-refractivity contribution is 0.102. The van der Waals surface area contributed by atoms with Crippen molar-refractivity contribution in [3.05, 3.63) is 58.4 Å². The van der Waals surface area contributed by atoms with Gasteiger partial charge in [-0.05, 0) is 42.8 Å². The molecule has 0 aliphatic carbocycles. The fourth-order valence-corrected chi connectivity index (χ4v) is 1.86. The molecule has 6 heteroatoms. The van der Waals surface area contributed by atoms with E-state index in [1.807, 2.05) is 0 Å². The Hall–Kier alpha value is -2.01. The van der Waals surface area contributed by atoms with Crippen LogP contribution in [0.4, 0.5) is 14.5 Å². The van der Waals surface area contributed by atoms with Crippen molar-refractivity contribution in [2.75, 3.05) is 5.32 Å². The molecule has 1 aromatic carbocycles. The van der Waals surface area contributed by atoms with Gasteiger partial charge in [0.1, 0.15) is 0 Å². The van der Waals surface area contributed by atoms with Crippen molar-refractivity contribution in [2.24, 2.45) is 0 Å². The van der Waals surface area contributed by atoms with Crippen LogP contribution in [-0.2, 0) is 0 Å². The summed E-state index contributed by atoms with van der Waals surface area (Å²) in [4.78, 5) is 14.9. The van der Waals surface area contributed by atoms with Gasteiger partial charge < -0.3 is 5.32 Å². The predicted molar refractivity (Wildman–Crippen MR) is 68.3 cm³/mol. The Kier molecular flexibility index (Phi) is 3.76. The highest BCUT2D eigenvalue weighted by Gasteiger charge is 2.11. The van der Waals surface area contributed by atoms with E-state index >= 15 is 0 Å². The van der Waals surface area contributed by atoms with Gasteiger partial charge >= 0.3 is 0 Å². The first kappa shape index (κ1) is 13.4. The Labute approximate surface area is 113 Å². The van der Waals surface area contributed by atoms with Crippen molar-refractivity contribution in [3.8, 4) is 0 Å². The number of aryl methyl sites for hydroxylation is 1. The van der Waals surface area contributed by atoms with E-state index in [0.717, 1.165) is 17.7 Å². The zero-order chi connectivity index (χ0) is 14.0. The molecule has 0 saturated heterocycles. The maximum absolute atomic E-state index is 13.3. The summed E-state index contributed by atoms with van der Waals surface area (Å²) >= 11 is 5.83. The molecule has 19 heavy (non-hydrogen) atoms. The van der Waals surface area contributed by atoms with Crippen molar-refractivity contribution < 1.29 is 13.6 Å². The Morgan fingerprint density at radius 2 is 2.00 bits per heavy atom. The maximum Gasteiger partial charge on any atom is 0.255 e. The minimum atomic E-state index is -1.08. The first-order valence-corrected chi connectivity index (χ1v) is 5.74. The van der Waals surface area contributed by atoms with Gasteiger partial charge in [0.2, 0.25) is 11.9 Å². The van der Waals surface area contributed by atoms with Crippen molar-refractivity contribution in [1.29, 1.82) is 0 Å². The summed E-state index contributed by atoms with van der Waals surface area (Å²) in [5, 5.41) is 2.71. The normalized spacial score (nSPS) is 10.3. The SMILES string of the molecule is Cc1cc(Cl)cc(C(=O)Nc2ccc(F)nc2F)c1. The lowest BCUT2D eigenvalue weighted by Crippen LogP contribution is -2.14. The molecule has 98 valence electrons.